The van der Waals surface area contributed by atoms with Crippen molar-refractivity contribution < 1.29 is 28.6 Å². The largest absolute Gasteiger partial charge is 0.462 e. The number of allylic oxidation sites excluding steroid dienone is 6. The molecular weight excluding hydrogens is 973 g/mol. The first-order chi connectivity index (χ1) is 39.0. The van der Waals surface area contributed by atoms with Crippen LogP contribution >= 0.6 is 0 Å². The summed E-state index contributed by atoms with van der Waals surface area (Å²) in [7, 11) is 0. The second-order valence-electron chi connectivity index (χ2n) is 24.1. The van der Waals surface area contributed by atoms with Gasteiger partial charge in [-0.2, -0.15) is 0 Å². The quantitative estimate of drug-likeness (QED) is 0.0261. The van der Waals surface area contributed by atoms with E-state index in [2.05, 4.69) is 57.2 Å². The van der Waals surface area contributed by atoms with Crippen LogP contribution in [0, 0.1) is 0 Å². The van der Waals surface area contributed by atoms with Crippen LogP contribution in [0.15, 0.2) is 36.5 Å². The number of hydrogen-bond acceptors (Lipinski definition) is 6. The van der Waals surface area contributed by atoms with E-state index >= 15 is 0 Å². The van der Waals surface area contributed by atoms with Gasteiger partial charge in [0.05, 0.1) is 0 Å². The Morgan fingerprint density at radius 2 is 0.456 bits per heavy atom. The lowest BCUT2D eigenvalue weighted by atomic mass is 10.0. The SMILES string of the molecule is CCCCCCC/C=C\C/C=C\CCCCCCCCCCCC(=O)OC(COC(=O)CCCCCCCCC/C=C\CCCCCCCC)COC(=O)CCCCCCCCCCCCCCCCCCCCCCCCC. The predicted molar refractivity (Wildman–Crippen MR) is 344 cm³/mol. The van der Waals surface area contributed by atoms with E-state index in [1.54, 1.807) is 0 Å². The minimum Gasteiger partial charge on any atom is -0.462 e. The molecule has 464 valence electrons. The van der Waals surface area contributed by atoms with Crippen molar-refractivity contribution in [3.05, 3.63) is 36.5 Å². The average Bonchev–Trinajstić information content (AvgIpc) is 3.45. The van der Waals surface area contributed by atoms with E-state index in [0.717, 1.165) is 64.2 Å². The molecule has 0 aromatic carbocycles. The summed E-state index contributed by atoms with van der Waals surface area (Å²) in [4.78, 5) is 38.5. The molecule has 0 aliphatic carbocycles. The van der Waals surface area contributed by atoms with Crippen LogP contribution in [0.25, 0.3) is 0 Å². The molecular formula is C73H136O6. The Bertz CT molecular complexity index is 1320. The van der Waals surface area contributed by atoms with Crippen molar-refractivity contribution in [1.82, 2.24) is 0 Å². The van der Waals surface area contributed by atoms with E-state index in [0.29, 0.717) is 19.3 Å². The second-order valence-corrected chi connectivity index (χ2v) is 24.1. The molecule has 0 aliphatic rings. The Morgan fingerprint density at radius 3 is 0.709 bits per heavy atom. The molecule has 1 unspecified atom stereocenters. The molecule has 0 aromatic rings. The van der Waals surface area contributed by atoms with Crippen molar-refractivity contribution in [2.75, 3.05) is 13.2 Å². The van der Waals surface area contributed by atoms with E-state index in [1.807, 2.05) is 0 Å². The maximum absolute atomic E-state index is 13.0. The standard InChI is InChI=1S/C73H136O6/c1-4-7-10-13-16-19-22-25-28-31-33-35-36-38-39-42-45-48-51-54-57-60-63-66-72(75)78-69-70(68-77-71(74)65-62-59-56-53-50-47-44-41-30-27-24-21-18-15-12-9-6-3)79-73(76)67-64-61-58-55-52-49-46-43-40-37-34-32-29-26-23-20-17-14-11-8-5-2/h23,26-27,30,32,34,70H,4-22,24-25,28-29,31,33,35-69H2,1-3H3/b26-23-,30-27-,34-32-. The van der Waals surface area contributed by atoms with Crippen LogP contribution in [-0.2, 0) is 28.6 Å². The Hall–Kier alpha value is -2.37. The van der Waals surface area contributed by atoms with Gasteiger partial charge in [0.25, 0.3) is 0 Å². The summed E-state index contributed by atoms with van der Waals surface area (Å²) in [5.41, 5.74) is 0. The maximum atomic E-state index is 13.0. The Morgan fingerprint density at radius 1 is 0.253 bits per heavy atom. The summed E-state index contributed by atoms with van der Waals surface area (Å²) < 4.78 is 17.0. The van der Waals surface area contributed by atoms with Gasteiger partial charge < -0.3 is 14.2 Å². The van der Waals surface area contributed by atoms with Crippen molar-refractivity contribution in [1.29, 1.82) is 0 Å². The van der Waals surface area contributed by atoms with Crippen LogP contribution in [0.5, 0.6) is 0 Å². The van der Waals surface area contributed by atoms with Crippen LogP contribution in [0.2, 0.25) is 0 Å². The summed E-state index contributed by atoms with van der Waals surface area (Å²) in [6.45, 7) is 6.70. The minimum atomic E-state index is -0.776. The molecule has 0 heterocycles. The molecule has 0 saturated carbocycles. The van der Waals surface area contributed by atoms with Gasteiger partial charge in [0, 0.05) is 19.3 Å². The number of carbonyl (C=O) groups excluding carboxylic acids is 3. The van der Waals surface area contributed by atoms with Crippen LogP contribution in [0.3, 0.4) is 0 Å². The zero-order valence-electron chi connectivity index (χ0n) is 53.4. The van der Waals surface area contributed by atoms with Crippen LogP contribution < -0.4 is 0 Å². The second kappa shape index (κ2) is 68.1. The Labute approximate surface area is 493 Å². The summed E-state index contributed by atoms with van der Waals surface area (Å²) in [5.74, 6) is -0.849. The van der Waals surface area contributed by atoms with Gasteiger partial charge in [0.1, 0.15) is 13.2 Å². The van der Waals surface area contributed by atoms with Gasteiger partial charge in [-0.3, -0.25) is 14.4 Å². The molecule has 0 rings (SSSR count). The van der Waals surface area contributed by atoms with Crippen molar-refractivity contribution in [3.8, 4) is 0 Å². The third-order valence-electron chi connectivity index (χ3n) is 16.1. The van der Waals surface area contributed by atoms with Gasteiger partial charge >= 0.3 is 17.9 Å². The molecule has 0 aromatic heterocycles. The molecule has 1 atom stereocenters. The van der Waals surface area contributed by atoms with Crippen molar-refractivity contribution in [2.45, 2.75) is 399 Å². The van der Waals surface area contributed by atoms with Gasteiger partial charge in [0.2, 0.25) is 0 Å². The lowest BCUT2D eigenvalue weighted by molar-refractivity contribution is -0.167. The number of esters is 3. The molecule has 0 radical (unpaired) electrons. The van der Waals surface area contributed by atoms with E-state index in [9.17, 15) is 14.4 Å². The highest BCUT2D eigenvalue weighted by molar-refractivity contribution is 5.71. The highest BCUT2D eigenvalue weighted by atomic mass is 16.6. The third kappa shape index (κ3) is 66.3. The van der Waals surface area contributed by atoms with E-state index in [1.165, 1.54) is 289 Å². The Kier molecular flexibility index (Phi) is 66.1. The smallest absolute Gasteiger partial charge is 0.306 e. The van der Waals surface area contributed by atoms with Crippen LogP contribution in [0.4, 0.5) is 0 Å². The molecule has 0 aliphatic heterocycles. The van der Waals surface area contributed by atoms with E-state index in [4.69, 9.17) is 14.2 Å². The molecule has 0 fully saturated rings. The molecule has 0 N–H and O–H groups in total. The first-order valence-corrected chi connectivity index (χ1v) is 35.5. The van der Waals surface area contributed by atoms with E-state index < -0.39 is 6.10 Å². The van der Waals surface area contributed by atoms with Crippen molar-refractivity contribution in [2.24, 2.45) is 0 Å². The zero-order chi connectivity index (χ0) is 57.1. The summed E-state index contributed by atoms with van der Waals surface area (Å²) >= 11 is 0. The summed E-state index contributed by atoms with van der Waals surface area (Å²) in [6, 6.07) is 0. The number of rotatable bonds is 66. The molecule has 6 nitrogen and oxygen atoms in total. The molecule has 6 heteroatoms. The van der Waals surface area contributed by atoms with Crippen LogP contribution in [0.1, 0.15) is 393 Å². The highest BCUT2D eigenvalue weighted by Crippen LogP contribution is 2.18. The number of ether oxygens (including phenoxy) is 3. The first kappa shape index (κ1) is 76.6. The minimum absolute atomic E-state index is 0.0704. The fourth-order valence-electron chi connectivity index (χ4n) is 10.8. The fourth-order valence-corrected chi connectivity index (χ4v) is 10.8. The third-order valence-corrected chi connectivity index (χ3v) is 16.1. The van der Waals surface area contributed by atoms with E-state index in [-0.39, 0.29) is 31.1 Å². The van der Waals surface area contributed by atoms with Gasteiger partial charge in [-0.15, -0.1) is 0 Å². The predicted octanol–water partition coefficient (Wildman–Crippen LogP) is 24.3. The average molecular weight is 1110 g/mol. The molecule has 0 saturated heterocycles. The summed E-state index contributed by atoms with van der Waals surface area (Å²) in [5, 5.41) is 0. The van der Waals surface area contributed by atoms with Gasteiger partial charge in [-0.1, -0.05) is 333 Å². The molecule has 0 amide bonds. The van der Waals surface area contributed by atoms with Crippen LogP contribution in [-0.4, -0.2) is 37.2 Å². The number of hydrogen-bond donors (Lipinski definition) is 0. The molecule has 0 spiro atoms. The summed E-state index contributed by atoms with van der Waals surface area (Å²) in [6.07, 6.45) is 84.5. The van der Waals surface area contributed by atoms with Crippen molar-refractivity contribution >= 4 is 17.9 Å². The monoisotopic (exact) mass is 1110 g/mol. The van der Waals surface area contributed by atoms with Crippen molar-refractivity contribution in [3.63, 3.8) is 0 Å². The molecule has 79 heavy (non-hydrogen) atoms. The maximum Gasteiger partial charge on any atom is 0.306 e. The lowest BCUT2D eigenvalue weighted by Crippen LogP contribution is -2.30. The zero-order valence-corrected chi connectivity index (χ0v) is 53.4. The number of unbranched alkanes of at least 4 members (excludes halogenated alkanes) is 49. The van der Waals surface area contributed by atoms with Gasteiger partial charge in [0.15, 0.2) is 6.10 Å². The topological polar surface area (TPSA) is 78.9 Å². The van der Waals surface area contributed by atoms with Gasteiger partial charge in [-0.25, -0.2) is 0 Å². The lowest BCUT2D eigenvalue weighted by Gasteiger charge is -2.18. The Balaban J connectivity index is 4.31. The number of carbonyl (C=O) groups is 3. The fraction of sp³-hybridized carbons (Fsp3) is 0.877. The van der Waals surface area contributed by atoms with Gasteiger partial charge in [-0.05, 0) is 77.0 Å². The normalized spacial score (nSPS) is 12.2. The highest BCUT2D eigenvalue weighted by Gasteiger charge is 2.19. The molecule has 0 bridgehead atoms. The first-order valence-electron chi connectivity index (χ1n) is 35.5.